The highest BCUT2D eigenvalue weighted by Crippen LogP contribution is 2.33. The van der Waals surface area contributed by atoms with Crippen LogP contribution in [0.1, 0.15) is 21.4 Å². The summed E-state index contributed by atoms with van der Waals surface area (Å²) < 4.78 is 26.9. The van der Waals surface area contributed by atoms with Gasteiger partial charge in [-0.2, -0.15) is 0 Å². The van der Waals surface area contributed by atoms with Crippen LogP contribution in [-0.2, 0) is 0 Å². The molecule has 1 atom stereocenters. The lowest BCUT2D eigenvalue weighted by Crippen LogP contribution is -1.98. The fraction of sp³-hybridized carbons (Fsp3) is 0.167. The number of thiophene rings is 1. The van der Waals surface area contributed by atoms with Crippen molar-refractivity contribution in [2.45, 2.75) is 13.0 Å². The minimum atomic E-state index is -1.00. The first-order valence-corrected chi connectivity index (χ1v) is 6.48. The maximum atomic E-state index is 13.0. The maximum absolute atomic E-state index is 13.0. The zero-order valence-corrected chi connectivity index (χ0v) is 11.3. The van der Waals surface area contributed by atoms with Crippen molar-refractivity contribution in [3.8, 4) is 0 Å². The fourth-order valence-corrected chi connectivity index (χ4v) is 3.09. The van der Waals surface area contributed by atoms with Gasteiger partial charge in [-0.1, -0.05) is 0 Å². The van der Waals surface area contributed by atoms with Gasteiger partial charge in [0, 0.05) is 20.3 Å². The van der Waals surface area contributed by atoms with Crippen molar-refractivity contribution in [1.82, 2.24) is 0 Å². The molecule has 17 heavy (non-hydrogen) atoms. The second kappa shape index (κ2) is 4.84. The fourth-order valence-electron chi connectivity index (χ4n) is 1.51. The highest BCUT2D eigenvalue weighted by Gasteiger charge is 2.16. The third kappa shape index (κ3) is 2.73. The topological polar surface area (TPSA) is 20.2 Å². The summed E-state index contributed by atoms with van der Waals surface area (Å²) in [6.45, 7) is 1.90. The lowest BCUT2D eigenvalue weighted by molar-refractivity contribution is 0.223. The minimum absolute atomic E-state index is 0.219. The van der Waals surface area contributed by atoms with Crippen LogP contribution in [-0.4, -0.2) is 5.11 Å². The smallest absolute Gasteiger partial charge is 0.126 e. The Hall–Kier alpha value is -0.780. The normalized spacial score (nSPS) is 12.8. The molecule has 1 heterocycles. The van der Waals surface area contributed by atoms with Crippen molar-refractivity contribution in [1.29, 1.82) is 0 Å². The second-order valence-corrected chi connectivity index (χ2v) is 5.80. The number of aliphatic hydroxyl groups is 1. The highest BCUT2D eigenvalue weighted by atomic mass is 79.9. The predicted octanol–water partition coefficient (Wildman–Crippen LogP) is 4.18. The summed E-state index contributed by atoms with van der Waals surface area (Å²) in [7, 11) is 0. The molecule has 0 aliphatic heterocycles. The van der Waals surface area contributed by atoms with Crippen LogP contribution in [0.25, 0.3) is 0 Å². The number of aryl methyl sites for hydroxylation is 1. The van der Waals surface area contributed by atoms with Crippen LogP contribution in [0.2, 0.25) is 0 Å². The summed E-state index contributed by atoms with van der Waals surface area (Å²) in [5.41, 5.74) is 0.219. The molecule has 0 saturated heterocycles. The Bertz CT molecular complexity index is 514. The van der Waals surface area contributed by atoms with Gasteiger partial charge in [0.05, 0.1) is 0 Å². The number of hydrogen-bond donors (Lipinski definition) is 1. The van der Waals surface area contributed by atoms with E-state index in [0.717, 1.165) is 27.5 Å². The van der Waals surface area contributed by atoms with Crippen molar-refractivity contribution in [3.63, 3.8) is 0 Å². The van der Waals surface area contributed by atoms with Crippen molar-refractivity contribution in [3.05, 3.63) is 55.7 Å². The summed E-state index contributed by atoms with van der Waals surface area (Å²) >= 11 is 4.72. The summed E-state index contributed by atoms with van der Waals surface area (Å²) in [5, 5.41) is 10.0. The lowest BCUT2D eigenvalue weighted by Gasteiger charge is -2.09. The molecule has 0 bridgehead atoms. The highest BCUT2D eigenvalue weighted by molar-refractivity contribution is 9.10. The maximum Gasteiger partial charge on any atom is 0.126 e. The van der Waals surface area contributed by atoms with Crippen LogP contribution in [0.15, 0.2) is 28.7 Å². The van der Waals surface area contributed by atoms with Crippen molar-refractivity contribution >= 4 is 27.3 Å². The lowest BCUT2D eigenvalue weighted by atomic mass is 10.1. The molecular weight excluding hydrogens is 310 g/mol. The largest absolute Gasteiger partial charge is 0.383 e. The van der Waals surface area contributed by atoms with E-state index < -0.39 is 17.7 Å². The van der Waals surface area contributed by atoms with Gasteiger partial charge in [-0.15, -0.1) is 11.3 Å². The third-order valence-corrected chi connectivity index (χ3v) is 4.54. The Balaban J connectivity index is 2.39. The van der Waals surface area contributed by atoms with E-state index in [1.807, 2.05) is 6.92 Å². The van der Waals surface area contributed by atoms with Gasteiger partial charge in [0.15, 0.2) is 0 Å². The molecule has 0 aliphatic rings. The average molecular weight is 319 g/mol. The van der Waals surface area contributed by atoms with E-state index in [2.05, 4.69) is 15.9 Å². The van der Waals surface area contributed by atoms with Crippen molar-refractivity contribution in [2.24, 2.45) is 0 Å². The quantitative estimate of drug-likeness (QED) is 0.880. The van der Waals surface area contributed by atoms with Gasteiger partial charge in [0.2, 0.25) is 0 Å². The first-order chi connectivity index (χ1) is 7.97. The Morgan fingerprint density at radius 3 is 2.24 bits per heavy atom. The summed E-state index contributed by atoms with van der Waals surface area (Å²) in [5.74, 6) is -1.38. The Morgan fingerprint density at radius 2 is 1.76 bits per heavy atom. The van der Waals surface area contributed by atoms with Gasteiger partial charge >= 0.3 is 0 Å². The van der Waals surface area contributed by atoms with Crippen LogP contribution in [0, 0.1) is 18.6 Å². The summed E-state index contributed by atoms with van der Waals surface area (Å²) in [6.07, 6.45) is -1.00. The first-order valence-electron chi connectivity index (χ1n) is 4.87. The van der Waals surface area contributed by atoms with Crippen LogP contribution >= 0.6 is 27.3 Å². The van der Waals surface area contributed by atoms with E-state index in [1.54, 1.807) is 6.07 Å². The molecule has 1 aromatic heterocycles. The molecule has 0 radical (unpaired) electrons. The SMILES string of the molecule is Cc1sc(C(O)c2cc(F)cc(F)c2)cc1Br. The van der Waals surface area contributed by atoms with Crippen LogP contribution in [0.3, 0.4) is 0 Å². The van der Waals surface area contributed by atoms with Gasteiger partial charge < -0.3 is 5.11 Å². The Kier molecular flexibility index (Phi) is 3.61. The van der Waals surface area contributed by atoms with Gasteiger partial charge in [0.25, 0.3) is 0 Å². The third-order valence-electron chi connectivity index (χ3n) is 2.35. The van der Waals surface area contributed by atoms with E-state index in [9.17, 15) is 13.9 Å². The number of aliphatic hydroxyl groups excluding tert-OH is 1. The summed E-state index contributed by atoms with van der Waals surface area (Å²) in [4.78, 5) is 1.66. The zero-order chi connectivity index (χ0) is 12.6. The summed E-state index contributed by atoms with van der Waals surface area (Å²) in [6, 6.07) is 4.81. The number of rotatable bonds is 2. The molecule has 2 aromatic rings. The second-order valence-electron chi connectivity index (χ2n) is 3.66. The van der Waals surface area contributed by atoms with Crippen LogP contribution < -0.4 is 0 Å². The molecule has 0 spiro atoms. The first kappa shape index (κ1) is 12.7. The monoisotopic (exact) mass is 318 g/mol. The van der Waals surface area contributed by atoms with Crippen molar-refractivity contribution in [2.75, 3.05) is 0 Å². The number of benzene rings is 1. The van der Waals surface area contributed by atoms with Gasteiger partial charge in [-0.25, -0.2) is 8.78 Å². The Labute approximate surface area is 110 Å². The van der Waals surface area contributed by atoms with Gasteiger partial charge in [-0.05, 0) is 46.6 Å². The molecule has 0 fully saturated rings. The molecule has 0 amide bonds. The molecule has 1 unspecified atom stereocenters. The molecule has 0 saturated carbocycles. The van der Waals surface area contributed by atoms with Crippen LogP contribution in [0.4, 0.5) is 8.78 Å². The number of hydrogen-bond acceptors (Lipinski definition) is 2. The molecule has 90 valence electrons. The average Bonchev–Trinajstić information content (AvgIpc) is 2.57. The minimum Gasteiger partial charge on any atom is -0.383 e. The standard InChI is InChI=1S/C12H9BrF2OS/c1-6-10(13)5-11(17-6)12(16)7-2-8(14)4-9(15)3-7/h2-5,12,16H,1H3. The molecular formula is C12H9BrF2OS. The molecule has 5 heteroatoms. The molecule has 1 aromatic carbocycles. The van der Waals surface area contributed by atoms with E-state index in [1.165, 1.54) is 11.3 Å². The van der Waals surface area contributed by atoms with Crippen LogP contribution in [0.5, 0.6) is 0 Å². The number of halogens is 3. The van der Waals surface area contributed by atoms with E-state index in [-0.39, 0.29) is 5.56 Å². The molecule has 0 aliphatic carbocycles. The Morgan fingerprint density at radius 1 is 1.18 bits per heavy atom. The zero-order valence-electron chi connectivity index (χ0n) is 8.88. The van der Waals surface area contributed by atoms with E-state index in [4.69, 9.17) is 0 Å². The van der Waals surface area contributed by atoms with Gasteiger partial charge in [-0.3, -0.25) is 0 Å². The van der Waals surface area contributed by atoms with Gasteiger partial charge in [0.1, 0.15) is 17.7 Å². The predicted molar refractivity (Wildman–Crippen MR) is 67.2 cm³/mol. The van der Waals surface area contributed by atoms with E-state index in [0.29, 0.717) is 4.88 Å². The van der Waals surface area contributed by atoms with E-state index >= 15 is 0 Å². The molecule has 2 rings (SSSR count). The molecule has 1 nitrogen and oxygen atoms in total. The van der Waals surface area contributed by atoms with Crippen molar-refractivity contribution < 1.29 is 13.9 Å². The molecule has 1 N–H and O–H groups in total.